The maximum Gasteiger partial charge on any atom is 0.343 e. The first kappa shape index (κ1) is 21.9. The Labute approximate surface area is 191 Å². The Morgan fingerprint density at radius 2 is 1.81 bits per heavy atom. The summed E-state index contributed by atoms with van der Waals surface area (Å²) >= 11 is 1.44. The van der Waals surface area contributed by atoms with Crippen molar-refractivity contribution < 1.29 is 14.3 Å². The summed E-state index contributed by atoms with van der Waals surface area (Å²) in [5, 5.41) is 1.39. The van der Waals surface area contributed by atoms with Crippen LogP contribution in [0.15, 0.2) is 65.8 Å². The van der Waals surface area contributed by atoms with Crippen LogP contribution in [0.3, 0.4) is 0 Å². The highest BCUT2D eigenvalue weighted by Gasteiger charge is 2.18. The molecule has 0 bridgehead atoms. The van der Waals surface area contributed by atoms with Crippen LogP contribution in [0.25, 0.3) is 22.2 Å². The van der Waals surface area contributed by atoms with Crippen molar-refractivity contribution in [3.63, 3.8) is 0 Å². The van der Waals surface area contributed by atoms with Gasteiger partial charge < -0.3 is 14.0 Å². The number of aryl methyl sites for hydroxylation is 1. The molecular weight excluding hydrogens is 422 g/mol. The molecule has 0 N–H and O–H groups in total. The number of nitrogens with zero attached hydrogens (tertiary/aromatic N) is 3. The van der Waals surface area contributed by atoms with Gasteiger partial charge in [0.15, 0.2) is 11.8 Å². The molecule has 0 spiro atoms. The standard InChI is InChI=1S/C25H25N3O3S/c1-4-19-14-21-23(26-25(32-3)27-24(21)31-16-22(29)30-2)28(19)15-18-12-8-9-13-20(18)17-10-6-5-7-11-17/h5-14H,4,15-16H2,1-3H3. The second-order valence-corrected chi connectivity index (χ2v) is 7.99. The van der Waals surface area contributed by atoms with E-state index in [1.165, 1.54) is 35.6 Å². The third-order valence-corrected chi connectivity index (χ3v) is 5.86. The van der Waals surface area contributed by atoms with Crippen molar-refractivity contribution in [3.05, 3.63) is 71.9 Å². The van der Waals surface area contributed by atoms with Crippen LogP contribution in [0.1, 0.15) is 18.2 Å². The molecule has 2 aromatic carbocycles. The highest BCUT2D eigenvalue weighted by atomic mass is 32.2. The first-order chi connectivity index (χ1) is 15.6. The summed E-state index contributed by atoms with van der Waals surface area (Å²) < 4.78 is 12.6. The smallest absolute Gasteiger partial charge is 0.343 e. The summed E-state index contributed by atoms with van der Waals surface area (Å²) in [6.45, 7) is 2.59. The molecule has 0 aliphatic heterocycles. The number of ether oxygens (including phenoxy) is 2. The highest BCUT2D eigenvalue weighted by Crippen LogP contribution is 2.31. The monoisotopic (exact) mass is 447 g/mol. The van der Waals surface area contributed by atoms with Crippen LogP contribution in [0, 0.1) is 0 Å². The fraction of sp³-hybridized carbons (Fsp3) is 0.240. The minimum absolute atomic E-state index is 0.195. The van der Waals surface area contributed by atoms with Crippen molar-refractivity contribution >= 4 is 28.8 Å². The molecule has 4 rings (SSSR count). The van der Waals surface area contributed by atoms with Gasteiger partial charge in [0.05, 0.1) is 12.5 Å². The van der Waals surface area contributed by atoms with Crippen LogP contribution < -0.4 is 4.74 Å². The number of methoxy groups -OCH3 is 1. The minimum Gasteiger partial charge on any atom is -0.466 e. The van der Waals surface area contributed by atoms with Gasteiger partial charge in [-0.3, -0.25) is 0 Å². The maximum atomic E-state index is 11.6. The second-order valence-electron chi connectivity index (χ2n) is 7.22. The van der Waals surface area contributed by atoms with Crippen molar-refractivity contribution in [2.75, 3.05) is 20.0 Å². The molecule has 2 aromatic heterocycles. The van der Waals surface area contributed by atoms with Gasteiger partial charge >= 0.3 is 5.97 Å². The molecule has 7 heteroatoms. The minimum atomic E-state index is -0.450. The number of carbonyl (C=O) groups is 1. The van der Waals surface area contributed by atoms with Crippen LogP contribution in [0.2, 0.25) is 0 Å². The quantitative estimate of drug-likeness (QED) is 0.216. The fourth-order valence-electron chi connectivity index (χ4n) is 3.72. The molecule has 0 amide bonds. The number of benzene rings is 2. The summed E-state index contributed by atoms with van der Waals surface area (Å²) in [4.78, 5) is 20.9. The average molecular weight is 448 g/mol. The Morgan fingerprint density at radius 1 is 1.06 bits per heavy atom. The van der Waals surface area contributed by atoms with Crippen molar-refractivity contribution in [2.24, 2.45) is 0 Å². The summed E-state index contributed by atoms with van der Waals surface area (Å²) in [6, 6.07) is 20.9. The van der Waals surface area contributed by atoms with Gasteiger partial charge in [0.2, 0.25) is 5.88 Å². The predicted molar refractivity (Wildman–Crippen MR) is 127 cm³/mol. The van der Waals surface area contributed by atoms with Crippen LogP contribution in [0.5, 0.6) is 5.88 Å². The van der Waals surface area contributed by atoms with Gasteiger partial charge in [-0.2, -0.15) is 4.98 Å². The number of rotatable bonds is 8. The molecule has 0 aliphatic carbocycles. The summed E-state index contributed by atoms with van der Waals surface area (Å²) in [5.41, 5.74) is 5.49. The molecule has 2 heterocycles. The van der Waals surface area contributed by atoms with E-state index in [0.717, 1.165) is 23.1 Å². The summed E-state index contributed by atoms with van der Waals surface area (Å²) in [6.07, 6.45) is 2.75. The van der Waals surface area contributed by atoms with E-state index < -0.39 is 5.97 Å². The van der Waals surface area contributed by atoms with Crippen LogP contribution >= 0.6 is 11.8 Å². The molecule has 0 atom stereocenters. The normalized spacial score (nSPS) is 11.0. The van der Waals surface area contributed by atoms with Crippen molar-refractivity contribution in [1.82, 2.24) is 14.5 Å². The molecule has 164 valence electrons. The molecule has 0 fully saturated rings. The molecule has 32 heavy (non-hydrogen) atoms. The summed E-state index contributed by atoms with van der Waals surface area (Å²) in [5.74, 6) is -0.0519. The number of hydrogen-bond acceptors (Lipinski definition) is 6. The van der Waals surface area contributed by atoms with Crippen LogP contribution in [0.4, 0.5) is 0 Å². The van der Waals surface area contributed by atoms with Gasteiger partial charge in [-0.15, -0.1) is 0 Å². The fourth-order valence-corrected chi connectivity index (χ4v) is 4.07. The Balaban J connectivity index is 1.81. The number of aromatic nitrogens is 3. The second kappa shape index (κ2) is 9.87. The lowest BCUT2D eigenvalue weighted by atomic mass is 9.99. The Morgan fingerprint density at radius 3 is 2.53 bits per heavy atom. The molecule has 0 saturated heterocycles. The lowest BCUT2D eigenvalue weighted by Crippen LogP contribution is -2.13. The molecule has 0 unspecified atom stereocenters. The van der Waals surface area contributed by atoms with E-state index in [0.29, 0.717) is 17.6 Å². The van der Waals surface area contributed by atoms with Crippen molar-refractivity contribution in [3.8, 4) is 17.0 Å². The molecule has 0 saturated carbocycles. The number of hydrogen-bond donors (Lipinski definition) is 0. The third-order valence-electron chi connectivity index (χ3n) is 5.31. The van der Waals surface area contributed by atoms with E-state index in [-0.39, 0.29) is 6.61 Å². The van der Waals surface area contributed by atoms with Crippen LogP contribution in [-0.2, 0) is 22.5 Å². The zero-order chi connectivity index (χ0) is 22.5. The zero-order valence-corrected chi connectivity index (χ0v) is 19.2. The number of fused-ring (bicyclic) bond motifs is 1. The topological polar surface area (TPSA) is 66.2 Å². The van der Waals surface area contributed by atoms with E-state index >= 15 is 0 Å². The SMILES string of the molecule is CCc1cc2c(OCC(=O)OC)nc(SC)nc2n1Cc1ccccc1-c1ccccc1. The first-order valence-corrected chi connectivity index (χ1v) is 11.6. The average Bonchev–Trinajstić information content (AvgIpc) is 3.20. The number of esters is 1. The molecular formula is C25H25N3O3S. The van der Waals surface area contributed by atoms with Crippen molar-refractivity contribution in [2.45, 2.75) is 25.0 Å². The maximum absolute atomic E-state index is 11.6. The number of thioether (sulfide) groups is 1. The molecule has 6 nitrogen and oxygen atoms in total. The highest BCUT2D eigenvalue weighted by molar-refractivity contribution is 7.98. The molecule has 0 radical (unpaired) electrons. The van der Waals surface area contributed by atoms with E-state index in [2.05, 4.69) is 71.1 Å². The van der Waals surface area contributed by atoms with E-state index in [4.69, 9.17) is 14.5 Å². The van der Waals surface area contributed by atoms with Crippen LogP contribution in [-0.4, -0.2) is 40.5 Å². The van der Waals surface area contributed by atoms with Gasteiger partial charge in [-0.05, 0) is 35.4 Å². The van der Waals surface area contributed by atoms with E-state index in [1.807, 2.05) is 12.3 Å². The zero-order valence-electron chi connectivity index (χ0n) is 18.4. The lowest BCUT2D eigenvalue weighted by Gasteiger charge is -2.14. The van der Waals surface area contributed by atoms with Crippen molar-refractivity contribution in [1.29, 1.82) is 0 Å². The first-order valence-electron chi connectivity index (χ1n) is 10.4. The van der Waals surface area contributed by atoms with Gasteiger partial charge in [-0.25, -0.2) is 9.78 Å². The molecule has 4 aromatic rings. The Hall–Kier alpha value is -3.32. The largest absolute Gasteiger partial charge is 0.466 e. The summed E-state index contributed by atoms with van der Waals surface area (Å²) in [7, 11) is 1.34. The van der Waals surface area contributed by atoms with E-state index in [1.54, 1.807) is 0 Å². The number of carbonyl (C=O) groups excluding carboxylic acids is 1. The van der Waals surface area contributed by atoms with Gasteiger partial charge in [0, 0.05) is 12.2 Å². The Kier molecular flexibility index (Phi) is 6.75. The van der Waals surface area contributed by atoms with Gasteiger partial charge in [0.25, 0.3) is 0 Å². The van der Waals surface area contributed by atoms with Gasteiger partial charge in [0.1, 0.15) is 5.65 Å². The van der Waals surface area contributed by atoms with Gasteiger partial charge in [-0.1, -0.05) is 73.3 Å². The van der Waals surface area contributed by atoms with E-state index in [9.17, 15) is 4.79 Å². The Bertz CT molecular complexity index is 1240. The predicted octanol–water partition coefficient (Wildman–Crippen LogP) is 4.98. The lowest BCUT2D eigenvalue weighted by molar-refractivity contribution is -0.143. The third kappa shape index (κ3) is 4.48. The molecule has 0 aliphatic rings.